The van der Waals surface area contributed by atoms with E-state index in [4.69, 9.17) is 0 Å². The summed E-state index contributed by atoms with van der Waals surface area (Å²) in [4.78, 5) is 12.7. The topological polar surface area (TPSA) is 32.3 Å². The number of carbonyl (C=O) groups is 1. The van der Waals surface area contributed by atoms with Gasteiger partial charge >= 0.3 is 6.18 Å². The minimum Gasteiger partial charge on any atom is -0.375 e. The van der Waals surface area contributed by atoms with Crippen molar-refractivity contribution in [3.63, 3.8) is 0 Å². The zero-order chi connectivity index (χ0) is 13.9. The van der Waals surface area contributed by atoms with Crippen LogP contribution in [0.1, 0.15) is 5.56 Å². The summed E-state index contributed by atoms with van der Waals surface area (Å²) in [5, 5.41) is 2.67. The van der Waals surface area contributed by atoms with E-state index in [2.05, 4.69) is 21.2 Å². The zero-order valence-corrected chi connectivity index (χ0v) is 11.4. The molecule has 0 saturated carbocycles. The van der Waals surface area contributed by atoms with Gasteiger partial charge in [-0.25, -0.2) is 0 Å². The van der Waals surface area contributed by atoms with Crippen LogP contribution in [0.2, 0.25) is 0 Å². The molecule has 0 saturated heterocycles. The molecule has 1 amide bonds. The molecule has 1 N–H and O–H groups in total. The minimum absolute atomic E-state index is 0.0626. The van der Waals surface area contributed by atoms with E-state index in [0.29, 0.717) is 4.47 Å². The Balaban J connectivity index is 2.85. The Hall–Kier alpha value is -1.24. The maximum atomic E-state index is 12.5. The van der Waals surface area contributed by atoms with Crippen LogP contribution in [0.25, 0.3) is 0 Å². The fourth-order valence-corrected chi connectivity index (χ4v) is 1.55. The van der Waals surface area contributed by atoms with Gasteiger partial charge < -0.3 is 10.2 Å². The highest BCUT2D eigenvalue weighted by molar-refractivity contribution is 9.10. The van der Waals surface area contributed by atoms with Crippen LogP contribution in [-0.4, -0.2) is 31.4 Å². The van der Waals surface area contributed by atoms with Gasteiger partial charge in [-0.2, -0.15) is 13.2 Å². The first-order valence-electron chi connectivity index (χ1n) is 5.02. The van der Waals surface area contributed by atoms with Crippen molar-refractivity contribution in [2.75, 3.05) is 26.0 Å². The number of halogens is 4. The summed E-state index contributed by atoms with van der Waals surface area (Å²) in [6, 6.07) is 3.24. The lowest BCUT2D eigenvalue weighted by atomic mass is 10.2. The Labute approximate surface area is 111 Å². The Bertz CT molecular complexity index is 446. The molecule has 100 valence electrons. The molecule has 3 nitrogen and oxygen atoms in total. The minimum atomic E-state index is -4.40. The number of hydrogen-bond donors (Lipinski definition) is 1. The largest absolute Gasteiger partial charge is 0.416 e. The molecule has 7 heteroatoms. The van der Waals surface area contributed by atoms with Gasteiger partial charge in [-0.05, 0) is 34.1 Å². The molecule has 18 heavy (non-hydrogen) atoms. The van der Waals surface area contributed by atoms with Crippen LogP contribution in [0.5, 0.6) is 0 Å². The highest BCUT2D eigenvalue weighted by atomic mass is 79.9. The van der Waals surface area contributed by atoms with Crippen LogP contribution in [0.4, 0.5) is 18.9 Å². The zero-order valence-electron chi connectivity index (χ0n) is 9.81. The molecule has 0 spiro atoms. The first-order chi connectivity index (χ1) is 8.21. The van der Waals surface area contributed by atoms with E-state index in [1.54, 1.807) is 14.1 Å². The number of benzene rings is 1. The number of alkyl halides is 3. The van der Waals surface area contributed by atoms with E-state index in [1.165, 1.54) is 11.0 Å². The molecule has 0 aliphatic carbocycles. The summed E-state index contributed by atoms with van der Waals surface area (Å²) < 4.78 is 38.0. The fraction of sp³-hybridized carbons (Fsp3) is 0.364. The average molecular weight is 325 g/mol. The van der Waals surface area contributed by atoms with Crippen LogP contribution in [0, 0.1) is 0 Å². The van der Waals surface area contributed by atoms with Crippen LogP contribution in [0.3, 0.4) is 0 Å². The molecule has 0 bridgehead atoms. The monoisotopic (exact) mass is 324 g/mol. The van der Waals surface area contributed by atoms with Crippen molar-refractivity contribution >= 4 is 27.5 Å². The van der Waals surface area contributed by atoms with Gasteiger partial charge in [-0.3, -0.25) is 4.79 Å². The predicted octanol–water partition coefficient (Wildman–Crippen LogP) is 2.97. The van der Waals surface area contributed by atoms with Crippen molar-refractivity contribution in [3.05, 3.63) is 28.2 Å². The molecular formula is C11H12BrF3N2O. The standard InChI is InChI=1S/C11H12BrF3N2O/c1-17(2)10(18)6-16-9-5-7(11(13,14)15)3-4-8(9)12/h3-5,16H,6H2,1-2H3. The van der Waals surface area contributed by atoms with Gasteiger partial charge in [0.05, 0.1) is 12.1 Å². The maximum absolute atomic E-state index is 12.5. The van der Waals surface area contributed by atoms with Crippen molar-refractivity contribution in [2.45, 2.75) is 6.18 Å². The van der Waals surface area contributed by atoms with Crippen LogP contribution in [-0.2, 0) is 11.0 Å². The van der Waals surface area contributed by atoms with Gasteiger partial charge in [0, 0.05) is 24.3 Å². The second-order valence-corrected chi connectivity index (χ2v) is 4.69. The predicted molar refractivity (Wildman–Crippen MR) is 66.3 cm³/mol. The number of hydrogen-bond acceptors (Lipinski definition) is 2. The lowest BCUT2D eigenvalue weighted by Crippen LogP contribution is -2.28. The summed E-state index contributed by atoms with van der Waals surface area (Å²) >= 11 is 3.13. The summed E-state index contributed by atoms with van der Waals surface area (Å²) in [6.45, 7) is -0.0626. The molecule has 1 rings (SSSR count). The number of nitrogens with one attached hydrogen (secondary N) is 1. The van der Waals surface area contributed by atoms with E-state index >= 15 is 0 Å². The molecule has 0 heterocycles. The molecule has 0 aromatic heterocycles. The number of likely N-dealkylation sites (N-methyl/N-ethyl adjacent to an activating group) is 1. The third-order valence-electron chi connectivity index (χ3n) is 2.22. The van der Waals surface area contributed by atoms with E-state index in [9.17, 15) is 18.0 Å². The number of carbonyl (C=O) groups excluding carboxylic acids is 1. The second-order valence-electron chi connectivity index (χ2n) is 3.83. The van der Waals surface area contributed by atoms with Crippen LogP contribution in [0.15, 0.2) is 22.7 Å². The first-order valence-corrected chi connectivity index (χ1v) is 5.82. The van der Waals surface area contributed by atoms with Gasteiger partial charge in [-0.15, -0.1) is 0 Å². The van der Waals surface area contributed by atoms with Crippen LogP contribution < -0.4 is 5.32 Å². The van der Waals surface area contributed by atoms with E-state index in [1.807, 2.05) is 0 Å². The van der Waals surface area contributed by atoms with Crippen molar-refractivity contribution < 1.29 is 18.0 Å². The van der Waals surface area contributed by atoms with Gasteiger partial charge in [0.15, 0.2) is 0 Å². The molecule has 0 radical (unpaired) electrons. The number of anilines is 1. The number of nitrogens with zero attached hydrogens (tertiary/aromatic N) is 1. The average Bonchev–Trinajstić information content (AvgIpc) is 2.25. The van der Waals surface area contributed by atoms with Crippen molar-refractivity contribution in [3.8, 4) is 0 Å². The molecule has 0 aliphatic heterocycles. The molecular weight excluding hydrogens is 313 g/mol. The molecule has 0 aliphatic rings. The van der Waals surface area contributed by atoms with Crippen molar-refractivity contribution in [2.24, 2.45) is 0 Å². The quantitative estimate of drug-likeness (QED) is 0.927. The van der Waals surface area contributed by atoms with Gasteiger partial charge in [0.2, 0.25) is 5.91 Å². The summed E-state index contributed by atoms with van der Waals surface area (Å²) in [5.74, 6) is -0.223. The first kappa shape index (κ1) is 14.8. The highest BCUT2D eigenvalue weighted by Crippen LogP contribution is 2.33. The van der Waals surface area contributed by atoms with Crippen LogP contribution >= 0.6 is 15.9 Å². The molecule has 0 unspecified atom stereocenters. The number of rotatable bonds is 3. The normalized spacial score (nSPS) is 11.2. The smallest absolute Gasteiger partial charge is 0.375 e. The van der Waals surface area contributed by atoms with Gasteiger partial charge in [-0.1, -0.05) is 0 Å². The highest BCUT2D eigenvalue weighted by Gasteiger charge is 2.30. The fourth-order valence-electron chi connectivity index (χ4n) is 1.17. The second kappa shape index (κ2) is 5.60. The Morgan fingerprint density at radius 1 is 1.39 bits per heavy atom. The van der Waals surface area contributed by atoms with E-state index in [0.717, 1.165) is 12.1 Å². The summed E-state index contributed by atoms with van der Waals surface area (Å²) in [6.07, 6.45) is -4.40. The summed E-state index contributed by atoms with van der Waals surface area (Å²) in [7, 11) is 3.15. The van der Waals surface area contributed by atoms with Crippen molar-refractivity contribution in [1.82, 2.24) is 4.90 Å². The third kappa shape index (κ3) is 3.90. The van der Waals surface area contributed by atoms with E-state index < -0.39 is 11.7 Å². The molecule has 0 atom stereocenters. The Kier molecular flexibility index (Phi) is 4.61. The van der Waals surface area contributed by atoms with Gasteiger partial charge in [0.1, 0.15) is 0 Å². The number of amides is 1. The Morgan fingerprint density at radius 2 is 2.00 bits per heavy atom. The van der Waals surface area contributed by atoms with Crippen molar-refractivity contribution in [1.29, 1.82) is 0 Å². The SMILES string of the molecule is CN(C)C(=O)CNc1cc(C(F)(F)F)ccc1Br. The summed E-state index contributed by atoms with van der Waals surface area (Å²) in [5.41, 5.74) is -0.523. The lowest BCUT2D eigenvalue weighted by molar-refractivity contribution is -0.137. The van der Waals surface area contributed by atoms with E-state index in [-0.39, 0.29) is 18.1 Å². The molecule has 1 aromatic rings. The Morgan fingerprint density at radius 3 is 2.50 bits per heavy atom. The third-order valence-corrected chi connectivity index (χ3v) is 2.91. The van der Waals surface area contributed by atoms with Gasteiger partial charge in [0.25, 0.3) is 0 Å². The lowest BCUT2D eigenvalue weighted by Gasteiger charge is -2.14. The molecule has 0 fully saturated rings. The molecule has 1 aromatic carbocycles. The maximum Gasteiger partial charge on any atom is 0.416 e.